The Balaban J connectivity index is 0.000000450. The van der Waals surface area contributed by atoms with Gasteiger partial charge in [-0.15, -0.1) is 23.2 Å². The Hall–Kier alpha value is -1.10. The average Bonchev–Trinajstić information content (AvgIpc) is 3.10. The molecule has 0 aromatic rings. The minimum absolute atomic E-state index is 0.0240. The summed E-state index contributed by atoms with van der Waals surface area (Å²) in [5.74, 6) is 1.91. The van der Waals surface area contributed by atoms with Crippen molar-refractivity contribution in [2.24, 2.45) is 23.7 Å². The van der Waals surface area contributed by atoms with Crippen LogP contribution in [-0.2, 0) is 14.3 Å². The molecule has 0 aromatic carbocycles. The maximum atomic E-state index is 11.3. The highest BCUT2D eigenvalue weighted by molar-refractivity contribution is 6.40. The van der Waals surface area contributed by atoms with Gasteiger partial charge in [-0.2, -0.15) is 0 Å². The third-order valence-electron chi connectivity index (χ3n) is 5.84. The van der Waals surface area contributed by atoms with Gasteiger partial charge in [0.15, 0.2) is 0 Å². The van der Waals surface area contributed by atoms with Crippen LogP contribution in [0.2, 0.25) is 0 Å². The zero-order chi connectivity index (χ0) is 23.1. The van der Waals surface area contributed by atoms with Crippen molar-refractivity contribution >= 4 is 35.5 Å². The topological polar surface area (TPSA) is 63.6 Å². The largest absolute Gasteiger partial charge is 0.465 e. The third-order valence-corrected chi connectivity index (χ3v) is 5.84. The number of carbonyl (C=O) groups is 2. The summed E-state index contributed by atoms with van der Waals surface area (Å²) in [4.78, 5) is 20.1. The molecule has 1 heterocycles. The van der Waals surface area contributed by atoms with Gasteiger partial charge in [-0.05, 0) is 76.7 Å². The van der Waals surface area contributed by atoms with Crippen LogP contribution in [0.25, 0.3) is 0 Å². The van der Waals surface area contributed by atoms with Crippen LogP contribution in [0.3, 0.4) is 0 Å². The van der Waals surface area contributed by atoms with E-state index in [0.29, 0.717) is 24.4 Å². The molecule has 0 radical (unpaired) electrons. The summed E-state index contributed by atoms with van der Waals surface area (Å²) in [5, 5.41) is 9.02. The second kappa shape index (κ2) is 16.6. The Morgan fingerprint density at radius 1 is 1.20 bits per heavy atom. The van der Waals surface area contributed by atoms with Crippen molar-refractivity contribution in [1.29, 1.82) is 0 Å². The molecule has 1 N–H and O–H groups in total. The lowest BCUT2D eigenvalue weighted by molar-refractivity contribution is -0.141. The van der Waals surface area contributed by atoms with E-state index in [2.05, 4.69) is 33.1 Å². The highest BCUT2D eigenvalue weighted by Crippen LogP contribution is 2.40. The van der Waals surface area contributed by atoms with Gasteiger partial charge in [0.2, 0.25) is 0 Å². The molecule has 3 aliphatic rings. The summed E-state index contributed by atoms with van der Waals surface area (Å²) >= 11 is 9.53. The maximum absolute atomic E-state index is 11.3. The van der Waals surface area contributed by atoms with Crippen molar-refractivity contribution in [3.05, 3.63) is 36.0 Å². The second-order valence-corrected chi connectivity index (χ2v) is 8.84. The number of hydrogen-bond acceptors (Lipinski definition) is 4. The lowest BCUT2D eigenvalue weighted by Gasteiger charge is -2.28. The highest BCUT2D eigenvalue weighted by Gasteiger charge is 2.41. The molecule has 1 aliphatic heterocycles. The Morgan fingerprint density at radius 2 is 1.77 bits per heavy atom. The van der Waals surface area contributed by atoms with Crippen molar-refractivity contribution in [3.8, 4) is 0 Å². The number of alkyl halides is 2. The van der Waals surface area contributed by atoms with Gasteiger partial charge in [0.1, 0.15) is 6.29 Å². The van der Waals surface area contributed by atoms with Gasteiger partial charge in [-0.25, -0.2) is 0 Å². The second-order valence-electron chi connectivity index (χ2n) is 8.03. The van der Waals surface area contributed by atoms with E-state index in [9.17, 15) is 4.79 Å². The van der Waals surface area contributed by atoms with Gasteiger partial charge in [-0.3, -0.25) is 4.79 Å². The molecule has 0 aromatic heterocycles. The summed E-state index contributed by atoms with van der Waals surface area (Å²) in [6.45, 7) is 14.4. The van der Waals surface area contributed by atoms with E-state index >= 15 is 0 Å². The molecule has 3 rings (SSSR count). The molecule has 0 spiro atoms. The molecule has 2 fully saturated rings. The van der Waals surface area contributed by atoms with Crippen LogP contribution in [0.4, 0.5) is 0 Å². The fourth-order valence-corrected chi connectivity index (χ4v) is 3.94. The monoisotopic (exact) mass is 460 g/mol. The number of aldehydes is 1. The van der Waals surface area contributed by atoms with E-state index in [-0.39, 0.29) is 23.8 Å². The first-order valence-corrected chi connectivity index (χ1v) is 11.6. The zero-order valence-electron chi connectivity index (χ0n) is 18.7. The fraction of sp³-hybridized carbons (Fsp3) is 0.667. The number of aliphatic hydroxyl groups is 1. The number of hydrogen-bond donors (Lipinski definition) is 1. The van der Waals surface area contributed by atoms with Crippen molar-refractivity contribution in [2.75, 3.05) is 18.6 Å². The molecule has 172 valence electrons. The summed E-state index contributed by atoms with van der Waals surface area (Å²) in [6, 6.07) is 0. The maximum Gasteiger partial charge on any atom is 0.309 e. The van der Waals surface area contributed by atoms with Crippen molar-refractivity contribution in [2.45, 2.75) is 59.3 Å². The highest BCUT2D eigenvalue weighted by atomic mass is 35.5. The number of rotatable bonds is 3. The first-order chi connectivity index (χ1) is 14.2. The first-order valence-electron chi connectivity index (χ1n) is 10.5. The zero-order valence-corrected chi connectivity index (χ0v) is 20.2. The molecular weight excluding hydrogens is 423 g/mol. The van der Waals surface area contributed by atoms with E-state index < -0.39 is 0 Å². The molecule has 2 aliphatic carbocycles. The van der Waals surface area contributed by atoms with Gasteiger partial charge < -0.3 is 14.6 Å². The van der Waals surface area contributed by atoms with Crippen LogP contribution in [0.5, 0.6) is 0 Å². The first kappa shape index (κ1) is 28.9. The van der Waals surface area contributed by atoms with Crippen LogP contribution in [0.15, 0.2) is 36.0 Å². The number of aliphatic hydroxyl groups excluding tert-OH is 1. The summed E-state index contributed by atoms with van der Waals surface area (Å²) in [5.41, 5.74) is 3.69. The van der Waals surface area contributed by atoms with Crippen molar-refractivity contribution in [3.63, 3.8) is 0 Å². The molecule has 4 nitrogen and oxygen atoms in total. The summed E-state index contributed by atoms with van der Waals surface area (Å²) in [6.07, 6.45) is 9.49. The number of allylic oxidation sites excluding steroid dienone is 3. The predicted octanol–water partition coefficient (Wildman–Crippen LogP) is 6.06. The number of fused-ring (bicyclic) bond motifs is 1. The van der Waals surface area contributed by atoms with E-state index in [1.165, 1.54) is 36.5 Å². The van der Waals surface area contributed by atoms with Crippen LogP contribution in [0.1, 0.15) is 59.3 Å². The van der Waals surface area contributed by atoms with E-state index in [0.717, 1.165) is 32.0 Å². The van der Waals surface area contributed by atoms with Crippen LogP contribution in [0, 0.1) is 23.7 Å². The van der Waals surface area contributed by atoms with Gasteiger partial charge >= 0.3 is 5.97 Å². The predicted molar refractivity (Wildman–Crippen MR) is 126 cm³/mol. The molecule has 30 heavy (non-hydrogen) atoms. The van der Waals surface area contributed by atoms with Crippen LogP contribution < -0.4 is 0 Å². The molecule has 6 heteroatoms. The molecule has 1 saturated carbocycles. The Kier molecular flexibility index (Phi) is 16.0. The van der Waals surface area contributed by atoms with E-state index in [4.69, 9.17) is 37.8 Å². The third kappa shape index (κ3) is 10.8. The van der Waals surface area contributed by atoms with E-state index in [1.54, 1.807) is 0 Å². The summed E-state index contributed by atoms with van der Waals surface area (Å²) < 4.78 is 5.06. The lowest BCUT2D eigenvalue weighted by Crippen LogP contribution is -2.26. The number of halogens is 2. The minimum Gasteiger partial charge on any atom is -0.465 e. The lowest BCUT2D eigenvalue weighted by atomic mass is 9.73. The normalized spacial score (nSPS) is 26.6. The van der Waals surface area contributed by atoms with Gasteiger partial charge in [-0.1, -0.05) is 30.4 Å². The number of esters is 1. The Morgan fingerprint density at radius 3 is 2.20 bits per heavy atom. The SMILES string of the molecule is C=C(C)[C@@H]1CC=C(CO)CC1.C=C(C)[C@H]1CC[C@@H]2COC(=O)[C@H]2C1.CC=O.ClCCl. The molecule has 0 bridgehead atoms. The quantitative estimate of drug-likeness (QED) is 0.240. The van der Waals surface area contributed by atoms with Crippen LogP contribution in [-0.4, -0.2) is 35.9 Å². The van der Waals surface area contributed by atoms with E-state index in [1.807, 2.05) is 0 Å². The van der Waals surface area contributed by atoms with Gasteiger partial charge in [0, 0.05) is 5.92 Å². The molecule has 0 amide bonds. The smallest absolute Gasteiger partial charge is 0.309 e. The number of cyclic esters (lactones) is 1. The average molecular weight is 461 g/mol. The standard InChI is InChI=1S/C11H16O2.C10H16O.C2H4O.CH2Cl2/c1-7(2)8-3-4-9-6-13-11(12)10(9)5-8;1-8(2)10-5-3-9(7-11)4-6-10;1-2-3;2-1-3/h8-10H,1,3-6H2,2H3;3,10-11H,1,4-7H2,2H3;2H,1H3;1H2/t8-,9+,10-;10-;;/m01../s1. The number of carbonyl (C=O) groups excluding carboxylic acids is 2. The Bertz CT molecular complexity index is 586. The fourth-order valence-electron chi connectivity index (χ4n) is 3.94. The molecular formula is C24H38Cl2O4. The summed E-state index contributed by atoms with van der Waals surface area (Å²) in [7, 11) is 0. The Labute approximate surface area is 192 Å². The minimum atomic E-state index is 0.0240. The van der Waals surface area contributed by atoms with Crippen LogP contribution >= 0.6 is 23.2 Å². The molecule has 4 atom stereocenters. The molecule has 1 saturated heterocycles. The van der Waals surface area contributed by atoms with Crippen molar-refractivity contribution < 1.29 is 19.4 Å². The van der Waals surface area contributed by atoms with Gasteiger partial charge in [0.05, 0.1) is 24.5 Å². The van der Waals surface area contributed by atoms with Crippen molar-refractivity contribution in [1.82, 2.24) is 0 Å². The molecule has 0 unspecified atom stereocenters. The van der Waals surface area contributed by atoms with Gasteiger partial charge in [0.25, 0.3) is 0 Å². The number of ether oxygens (including phenoxy) is 1.